The van der Waals surface area contributed by atoms with Crippen LogP contribution in [0.1, 0.15) is 18.7 Å². The van der Waals surface area contributed by atoms with Gasteiger partial charge in [0.2, 0.25) is 0 Å². The van der Waals surface area contributed by atoms with Crippen LogP contribution in [0.3, 0.4) is 0 Å². The molecule has 1 N–H and O–H groups in total. The standard InChI is InChI=1S/C10H15N3O2S2/c1-6-11-10(17-13-6)16-5-8(9(14)15-2)12-7-3-4-7/h7-8,12H,3-5H2,1-2H3. The lowest BCUT2D eigenvalue weighted by Gasteiger charge is -2.14. The number of rotatable bonds is 6. The molecule has 0 aromatic carbocycles. The summed E-state index contributed by atoms with van der Waals surface area (Å²) in [5.41, 5.74) is 0. The van der Waals surface area contributed by atoms with Crippen molar-refractivity contribution in [3.8, 4) is 0 Å². The van der Waals surface area contributed by atoms with Crippen LogP contribution < -0.4 is 5.32 Å². The summed E-state index contributed by atoms with van der Waals surface area (Å²) in [5.74, 6) is 1.21. The Hall–Kier alpha value is -0.660. The van der Waals surface area contributed by atoms with Gasteiger partial charge < -0.3 is 10.1 Å². The van der Waals surface area contributed by atoms with Crippen LogP contribution in [0, 0.1) is 6.92 Å². The first-order valence-corrected chi connectivity index (χ1v) is 7.22. The Morgan fingerprint density at radius 2 is 2.47 bits per heavy atom. The Morgan fingerprint density at radius 1 is 1.71 bits per heavy atom. The zero-order chi connectivity index (χ0) is 12.3. The molecule has 0 aliphatic heterocycles. The third kappa shape index (κ3) is 3.93. The van der Waals surface area contributed by atoms with Crippen molar-refractivity contribution < 1.29 is 9.53 Å². The van der Waals surface area contributed by atoms with E-state index in [-0.39, 0.29) is 12.0 Å². The fourth-order valence-corrected chi connectivity index (χ4v) is 3.04. The van der Waals surface area contributed by atoms with Crippen molar-refractivity contribution in [3.05, 3.63) is 5.82 Å². The summed E-state index contributed by atoms with van der Waals surface area (Å²) in [6.45, 7) is 1.86. The first-order chi connectivity index (χ1) is 8.19. The lowest BCUT2D eigenvalue weighted by atomic mass is 10.3. The van der Waals surface area contributed by atoms with Crippen LogP contribution in [0.15, 0.2) is 4.34 Å². The Balaban J connectivity index is 1.85. The molecule has 1 aromatic rings. The molecule has 94 valence electrons. The number of hydrogen-bond acceptors (Lipinski definition) is 7. The number of thioether (sulfide) groups is 1. The molecule has 5 nitrogen and oxygen atoms in total. The molecule has 1 fully saturated rings. The number of nitrogens with zero attached hydrogens (tertiary/aromatic N) is 2. The zero-order valence-electron chi connectivity index (χ0n) is 9.80. The minimum atomic E-state index is -0.248. The predicted octanol–water partition coefficient (Wildman–Crippen LogP) is 1.23. The molecule has 7 heteroatoms. The second-order valence-corrected chi connectivity index (χ2v) is 5.95. The quantitative estimate of drug-likeness (QED) is 0.621. The average molecular weight is 273 g/mol. The molecular weight excluding hydrogens is 258 g/mol. The molecule has 0 spiro atoms. The van der Waals surface area contributed by atoms with Gasteiger partial charge in [-0.25, -0.2) is 4.98 Å². The largest absolute Gasteiger partial charge is 0.468 e. The number of aromatic nitrogens is 2. The third-order valence-electron chi connectivity index (χ3n) is 2.38. The summed E-state index contributed by atoms with van der Waals surface area (Å²) in [5, 5.41) is 3.28. The van der Waals surface area contributed by atoms with E-state index in [0.29, 0.717) is 11.8 Å². The smallest absolute Gasteiger partial charge is 0.323 e. The summed E-state index contributed by atoms with van der Waals surface area (Å²) < 4.78 is 9.79. The number of esters is 1. The van der Waals surface area contributed by atoms with Crippen LogP contribution in [0.4, 0.5) is 0 Å². The summed E-state index contributed by atoms with van der Waals surface area (Å²) in [4.78, 5) is 15.8. The number of carbonyl (C=O) groups is 1. The van der Waals surface area contributed by atoms with Gasteiger partial charge in [-0.15, -0.1) is 0 Å². The lowest BCUT2D eigenvalue weighted by molar-refractivity contribution is -0.142. The molecule has 1 unspecified atom stereocenters. The van der Waals surface area contributed by atoms with Gasteiger partial charge in [0.05, 0.1) is 7.11 Å². The van der Waals surface area contributed by atoms with Gasteiger partial charge in [-0.2, -0.15) is 4.37 Å². The highest BCUT2D eigenvalue weighted by molar-refractivity contribution is 8.01. The van der Waals surface area contributed by atoms with Gasteiger partial charge >= 0.3 is 5.97 Å². The molecule has 0 bridgehead atoms. The second kappa shape index (κ2) is 5.79. The number of nitrogens with one attached hydrogen (secondary N) is 1. The van der Waals surface area contributed by atoms with Crippen molar-refractivity contribution in [2.24, 2.45) is 0 Å². The van der Waals surface area contributed by atoms with Crippen molar-refractivity contribution >= 4 is 29.3 Å². The first kappa shape index (κ1) is 12.8. The van der Waals surface area contributed by atoms with Gasteiger partial charge in [-0.1, -0.05) is 11.8 Å². The van der Waals surface area contributed by atoms with Gasteiger partial charge in [0.25, 0.3) is 0 Å². The van der Waals surface area contributed by atoms with Crippen LogP contribution in [0.25, 0.3) is 0 Å². The Morgan fingerprint density at radius 3 is 3.00 bits per heavy atom. The van der Waals surface area contributed by atoms with Crippen LogP contribution >= 0.6 is 23.3 Å². The highest BCUT2D eigenvalue weighted by Crippen LogP contribution is 2.24. The second-order valence-electron chi connectivity index (χ2n) is 3.94. The molecule has 0 radical (unpaired) electrons. The van der Waals surface area contributed by atoms with E-state index in [1.54, 1.807) is 11.8 Å². The number of ether oxygens (including phenoxy) is 1. The Kier molecular flexibility index (Phi) is 4.36. The number of methoxy groups -OCH3 is 1. The summed E-state index contributed by atoms with van der Waals surface area (Å²) in [6.07, 6.45) is 2.30. The first-order valence-electron chi connectivity index (χ1n) is 5.46. The highest BCUT2D eigenvalue weighted by Gasteiger charge is 2.29. The van der Waals surface area contributed by atoms with E-state index in [1.165, 1.54) is 18.6 Å². The van der Waals surface area contributed by atoms with Crippen molar-refractivity contribution in [3.63, 3.8) is 0 Å². The number of hydrogen-bond donors (Lipinski definition) is 1. The molecule has 1 saturated carbocycles. The minimum Gasteiger partial charge on any atom is -0.468 e. The lowest BCUT2D eigenvalue weighted by Crippen LogP contribution is -2.40. The maximum atomic E-state index is 11.6. The Labute approximate surface area is 109 Å². The topological polar surface area (TPSA) is 64.1 Å². The summed E-state index contributed by atoms with van der Waals surface area (Å²) in [7, 11) is 1.42. The van der Waals surface area contributed by atoms with Crippen molar-refractivity contribution in [1.82, 2.24) is 14.7 Å². The highest BCUT2D eigenvalue weighted by atomic mass is 32.2. The molecule has 1 heterocycles. The molecule has 1 aromatic heterocycles. The average Bonchev–Trinajstić information content (AvgIpc) is 3.05. The molecule has 1 atom stereocenters. The molecule has 2 rings (SSSR count). The maximum Gasteiger partial charge on any atom is 0.323 e. The normalized spacial score (nSPS) is 16.8. The monoisotopic (exact) mass is 273 g/mol. The minimum absolute atomic E-state index is 0.203. The van der Waals surface area contributed by atoms with E-state index < -0.39 is 0 Å². The van der Waals surface area contributed by atoms with E-state index in [4.69, 9.17) is 4.74 Å². The summed E-state index contributed by atoms with van der Waals surface area (Å²) >= 11 is 2.91. The number of carbonyl (C=O) groups excluding carboxylic acids is 1. The van der Waals surface area contributed by atoms with Gasteiger partial charge in [0.15, 0.2) is 4.34 Å². The fourth-order valence-electron chi connectivity index (χ4n) is 1.35. The molecule has 0 saturated heterocycles. The van der Waals surface area contributed by atoms with Crippen molar-refractivity contribution in [2.75, 3.05) is 12.9 Å². The van der Waals surface area contributed by atoms with E-state index in [1.807, 2.05) is 6.92 Å². The third-order valence-corrected chi connectivity index (χ3v) is 4.40. The fraction of sp³-hybridized carbons (Fsp3) is 0.700. The zero-order valence-corrected chi connectivity index (χ0v) is 11.4. The van der Waals surface area contributed by atoms with Gasteiger partial charge in [0, 0.05) is 11.8 Å². The SMILES string of the molecule is COC(=O)C(CSc1nc(C)ns1)NC1CC1. The molecule has 1 aliphatic rings. The van der Waals surface area contributed by atoms with Crippen LogP contribution in [-0.4, -0.2) is 40.3 Å². The predicted molar refractivity (Wildman–Crippen MR) is 67.3 cm³/mol. The van der Waals surface area contributed by atoms with Crippen LogP contribution in [0.2, 0.25) is 0 Å². The molecule has 17 heavy (non-hydrogen) atoms. The molecule has 1 aliphatic carbocycles. The van der Waals surface area contributed by atoms with Crippen LogP contribution in [-0.2, 0) is 9.53 Å². The van der Waals surface area contributed by atoms with Crippen molar-refractivity contribution in [1.29, 1.82) is 0 Å². The molecule has 0 amide bonds. The van der Waals surface area contributed by atoms with Gasteiger partial charge in [0.1, 0.15) is 11.9 Å². The van der Waals surface area contributed by atoms with E-state index in [0.717, 1.165) is 23.0 Å². The van der Waals surface area contributed by atoms with Crippen LogP contribution in [0.5, 0.6) is 0 Å². The molecular formula is C10H15N3O2S2. The van der Waals surface area contributed by atoms with Gasteiger partial charge in [-0.3, -0.25) is 4.79 Å². The van der Waals surface area contributed by atoms with E-state index in [9.17, 15) is 4.79 Å². The number of aryl methyl sites for hydroxylation is 1. The summed E-state index contributed by atoms with van der Waals surface area (Å²) in [6, 6.07) is 0.234. The maximum absolute atomic E-state index is 11.6. The Bertz CT molecular complexity index is 393. The van der Waals surface area contributed by atoms with Crippen molar-refractivity contribution in [2.45, 2.75) is 36.2 Å². The van der Waals surface area contributed by atoms with E-state index >= 15 is 0 Å². The van der Waals surface area contributed by atoms with Gasteiger partial charge in [-0.05, 0) is 31.3 Å². The van der Waals surface area contributed by atoms with E-state index in [2.05, 4.69) is 14.7 Å².